The van der Waals surface area contributed by atoms with Gasteiger partial charge >= 0.3 is 0 Å². The SMILES string of the molecule is CCc1ccc(C(C)NCC(F)(F)c2ccccc2)cc1. The number of benzene rings is 2. The molecular formula is C18H21F2N. The molecule has 0 aliphatic heterocycles. The zero-order valence-corrected chi connectivity index (χ0v) is 12.4. The highest BCUT2D eigenvalue weighted by molar-refractivity contribution is 5.25. The molecule has 21 heavy (non-hydrogen) atoms. The highest BCUT2D eigenvalue weighted by atomic mass is 19.3. The van der Waals surface area contributed by atoms with Crippen LogP contribution in [0.1, 0.15) is 36.6 Å². The number of hydrogen-bond donors (Lipinski definition) is 1. The monoisotopic (exact) mass is 289 g/mol. The van der Waals surface area contributed by atoms with Crippen LogP contribution in [-0.4, -0.2) is 6.54 Å². The summed E-state index contributed by atoms with van der Waals surface area (Å²) in [4.78, 5) is 0. The van der Waals surface area contributed by atoms with Crippen LogP contribution in [0.4, 0.5) is 8.78 Å². The third kappa shape index (κ3) is 4.11. The van der Waals surface area contributed by atoms with Gasteiger partial charge in [0, 0.05) is 11.6 Å². The van der Waals surface area contributed by atoms with E-state index in [-0.39, 0.29) is 18.2 Å². The molecule has 1 nitrogen and oxygen atoms in total. The van der Waals surface area contributed by atoms with E-state index in [2.05, 4.69) is 12.2 Å². The first-order valence-electron chi connectivity index (χ1n) is 7.28. The number of aryl methyl sites for hydroxylation is 1. The standard InChI is InChI=1S/C18H21F2N/c1-3-15-9-11-16(12-10-15)14(2)21-13-18(19,20)17-7-5-4-6-8-17/h4-12,14,21H,3,13H2,1-2H3. The maximum absolute atomic E-state index is 14.1. The molecule has 0 spiro atoms. The Morgan fingerprint density at radius 3 is 2.19 bits per heavy atom. The van der Waals surface area contributed by atoms with Gasteiger partial charge in [0.15, 0.2) is 0 Å². The Morgan fingerprint density at radius 2 is 1.62 bits per heavy atom. The summed E-state index contributed by atoms with van der Waals surface area (Å²) >= 11 is 0. The maximum Gasteiger partial charge on any atom is 0.285 e. The van der Waals surface area contributed by atoms with E-state index in [1.54, 1.807) is 18.2 Å². The Labute approximate surface area is 125 Å². The van der Waals surface area contributed by atoms with Crippen molar-refractivity contribution in [2.24, 2.45) is 0 Å². The number of hydrogen-bond acceptors (Lipinski definition) is 1. The molecule has 0 aromatic heterocycles. The Bertz CT molecular complexity index is 549. The largest absolute Gasteiger partial charge is 0.304 e. The summed E-state index contributed by atoms with van der Waals surface area (Å²) in [5.74, 6) is -2.86. The summed E-state index contributed by atoms with van der Waals surface area (Å²) < 4.78 is 28.2. The molecule has 0 heterocycles. The van der Waals surface area contributed by atoms with Gasteiger partial charge in [0.2, 0.25) is 0 Å². The van der Waals surface area contributed by atoms with E-state index in [9.17, 15) is 8.78 Å². The molecule has 0 aliphatic rings. The van der Waals surface area contributed by atoms with Gasteiger partial charge in [-0.05, 0) is 24.5 Å². The Hall–Kier alpha value is -1.74. The molecule has 2 aromatic carbocycles. The highest BCUT2D eigenvalue weighted by Crippen LogP contribution is 2.27. The van der Waals surface area contributed by atoms with Crippen LogP contribution in [0.5, 0.6) is 0 Å². The molecule has 0 aliphatic carbocycles. The number of alkyl halides is 2. The Kier molecular flexibility index (Phi) is 5.07. The molecule has 0 amide bonds. The Morgan fingerprint density at radius 1 is 1.00 bits per heavy atom. The van der Waals surface area contributed by atoms with Crippen LogP contribution in [0.2, 0.25) is 0 Å². The summed E-state index contributed by atoms with van der Waals surface area (Å²) in [7, 11) is 0. The molecule has 0 radical (unpaired) electrons. The van der Waals surface area contributed by atoms with Gasteiger partial charge in [-0.3, -0.25) is 0 Å². The minimum atomic E-state index is -2.86. The van der Waals surface area contributed by atoms with Crippen molar-refractivity contribution in [3.05, 3.63) is 71.3 Å². The van der Waals surface area contributed by atoms with Gasteiger partial charge < -0.3 is 5.32 Å². The zero-order chi connectivity index (χ0) is 15.3. The third-order valence-corrected chi connectivity index (χ3v) is 3.71. The minimum absolute atomic E-state index is 0.0473. The first-order valence-corrected chi connectivity index (χ1v) is 7.28. The molecule has 1 atom stereocenters. The lowest BCUT2D eigenvalue weighted by atomic mass is 10.0. The van der Waals surface area contributed by atoms with Crippen LogP contribution in [0.25, 0.3) is 0 Å². The van der Waals surface area contributed by atoms with Crippen LogP contribution in [0, 0.1) is 0 Å². The molecule has 1 unspecified atom stereocenters. The molecule has 3 heteroatoms. The fourth-order valence-electron chi connectivity index (χ4n) is 2.23. The second-order valence-corrected chi connectivity index (χ2v) is 5.27. The molecule has 2 aromatic rings. The zero-order valence-electron chi connectivity index (χ0n) is 12.4. The normalized spacial score (nSPS) is 13.1. The minimum Gasteiger partial charge on any atom is -0.304 e. The Balaban J connectivity index is 1.98. The van der Waals surface area contributed by atoms with Crippen LogP contribution in [0.15, 0.2) is 54.6 Å². The number of nitrogens with one attached hydrogen (secondary N) is 1. The predicted molar refractivity (Wildman–Crippen MR) is 82.6 cm³/mol. The van der Waals surface area contributed by atoms with Gasteiger partial charge in [-0.15, -0.1) is 0 Å². The van der Waals surface area contributed by atoms with E-state index in [0.717, 1.165) is 12.0 Å². The average Bonchev–Trinajstić information content (AvgIpc) is 2.53. The number of halogens is 2. The van der Waals surface area contributed by atoms with Gasteiger partial charge in [-0.2, -0.15) is 8.78 Å². The van der Waals surface area contributed by atoms with E-state index in [1.165, 1.54) is 17.7 Å². The van der Waals surface area contributed by atoms with Gasteiger partial charge in [0.1, 0.15) is 0 Å². The van der Waals surface area contributed by atoms with E-state index in [4.69, 9.17) is 0 Å². The average molecular weight is 289 g/mol. The van der Waals surface area contributed by atoms with Gasteiger partial charge in [-0.1, -0.05) is 61.5 Å². The fourth-order valence-corrected chi connectivity index (χ4v) is 2.23. The van der Waals surface area contributed by atoms with E-state index in [0.29, 0.717) is 0 Å². The fraction of sp³-hybridized carbons (Fsp3) is 0.333. The maximum atomic E-state index is 14.1. The molecular weight excluding hydrogens is 268 g/mol. The molecule has 2 rings (SSSR count). The summed E-state index contributed by atoms with van der Waals surface area (Å²) in [6.07, 6.45) is 0.980. The van der Waals surface area contributed by atoms with Crippen LogP contribution in [0.3, 0.4) is 0 Å². The van der Waals surface area contributed by atoms with Crippen LogP contribution in [-0.2, 0) is 12.3 Å². The first-order chi connectivity index (χ1) is 10.0. The topological polar surface area (TPSA) is 12.0 Å². The molecule has 0 fully saturated rings. The van der Waals surface area contributed by atoms with Crippen molar-refractivity contribution in [2.45, 2.75) is 32.2 Å². The second kappa shape index (κ2) is 6.81. The van der Waals surface area contributed by atoms with Crippen molar-refractivity contribution in [2.75, 3.05) is 6.54 Å². The van der Waals surface area contributed by atoms with E-state index in [1.807, 2.05) is 31.2 Å². The summed E-state index contributed by atoms with van der Waals surface area (Å²) in [6.45, 7) is 3.63. The van der Waals surface area contributed by atoms with Crippen molar-refractivity contribution in [3.8, 4) is 0 Å². The van der Waals surface area contributed by atoms with Crippen LogP contribution < -0.4 is 5.32 Å². The smallest absolute Gasteiger partial charge is 0.285 e. The lowest BCUT2D eigenvalue weighted by Crippen LogP contribution is -2.32. The van der Waals surface area contributed by atoms with Crippen molar-refractivity contribution >= 4 is 0 Å². The van der Waals surface area contributed by atoms with Crippen LogP contribution >= 0.6 is 0 Å². The van der Waals surface area contributed by atoms with Crippen molar-refractivity contribution in [1.82, 2.24) is 5.32 Å². The first kappa shape index (κ1) is 15.6. The quantitative estimate of drug-likeness (QED) is 0.813. The second-order valence-electron chi connectivity index (χ2n) is 5.27. The summed E-state index contributed by atoms with van der Waals surface area (Å²) in [6, 6.07) is 15.9. The van der Waals surface area contributed by atoms with E-state index < -0.39 is 5.92 Å². The van der Waals surface area contributed by atoms with Crippen molar-refractivity contribution in [1.29, 1.82) is 0 Å². The lowest BCUT2D eigenvalue weighted by Gasteiger charge is -2.21. The van der Waals surface area contributed by atoms with Gasteiger partial charge in [0.25, 0.3) is 5.92 Å². The predicted octanol–water partition coefficient (Wildman–Crippen LogP) is 4.69. The third-order valence-electron chi connectivity index (χ3n) is 3.71. The molecule has 0 bridgehead atoms. The lowest BCUT2D eigenvalue weighted by molar-refractivity contribution is -0.00534. The molecule has 1 N–H and O–H groups in total. The highest BCUT2D eigenvalue weighted by Gasteiger charge is 2.31. The molecule has 112 valence electrons. The summed E-state index contributed by atoms with van der Waals surface area (Å²) in [5.41, 5.74) is 2.32. The van der Waals surface area contributed by atoms with Crippen molar-refractivity contribution in [3.63, 3.8) is 0 Å². The van der Waals surface area contributed by atoms with Crippen molar-refractivity contribution < 1.29 is 8.78 Å². The van der Waals surface area contributed by atoms with Gasteiger partial charge in [0.05, 0.1) is 6.54 Å². The van der Waals surface area contributed by atoms with E-state index >= 15 is 0 Å². The van der Waals surface area contributed by atoms with Gasteiger partial charge in [-0.25, -0.2) is 0 Å². The number of rotatable bonds is 6. The molecule has 0 saturated heterocycles. The summed E-state index contributed by atoms with van der Waals surface area (Å²) in [5, 5.41) is 2.93. The molecule has 0 saturated carbocycles.